The van der Waals surface area contributed by atoms with Crippen LogP contribution in [0.3, 0.4) is 0 Å². The molecule has 1 heterocycles. The second-order valence-corrected chi connectivity index (χ2v) is 12.9. The van der Waals surface area contributed by atoms with Crippen LogP contribution >= 0.6 is 11.6 Å². The first-order chi connectivity index (χ1) is 21.3. The molecule has 2 N–H and O–H groups in total. The number of amides is 1. The number of hydrogen-bond acceptors (Lipinski definition) is 4. The zero-order chi connectivity index (χ0) is 34.7. The van der Waals surface area contributed by atoms with Crippen molar-refractivity contribution in [2.75, 3.05) is 20.6 Å². The monoisotopic (exact) mass is 665 g/mol. The number of pyridine rings is 1. The van der Waals surface area contributed by atoms with Gasteiger partial charge in [0.1, 0.15) is 11.9 Å². The molecule has 0 aliphatic heterocycles. The number of carbonyl (C=O) groups is 2. The lowest BCUT2D eigenvalue weighted by Crippen LogP contribution is -2.41. The maximum atomic E-state index is 15.7. The summed E-state index contributed by atoms with van der Waals surface area (Å²) in [5.41, 5.74) is 0.853. The Hall–Kier alpha value is -3.70. The molecule has 12 heteroatoms. The highest BCUT2D eigenvalue weighted by Gasteiger charge is 2.36. The lowest BCUT2D eigenvalue weighted by atomic mass is 9.90. The van der Waals surface area contributed by atoms with E-state index in [0.717, 1.165) is 27.5 Å². The maximum absolute atomic E-state index is 15.7. The third-order valence-corrected chi connectivity index (χ3v) is 7.99. The van der Waals surface area contributed by atoms with Gasteiger partial charge in [0.15, 0.2) is 0 Å². The molecule has 46 heavy (non-hydrogen) atoms. The predicted octanol–water partition coefficient (Wildman–Crippen LogP) is 7.28. The van der Waals surface area contributed by atoms with Gasteiger partial charge in [-0.2, -0.15) is 13.2 Å². The van der Waals surface area contributed by atoms with E-state index in [-0.39, 0.29) is 42.0 Å². The third-order valence-electron chi connectivity index (χ3n) is 7.77. The second-order valence-electron chi connectivity index (χ2n) is 12.4. The van der Waals surface area contributed by atoms with E-state index in [2.05, 4.69) is 5.32 Å². The first-order valence-electron chi connectivity index (χ1n) is 14.9. The van der Waals surface area contributed by atoms with Gasteiger partial charge < -0.3 is 19.9 Å². The lowest BCUT2D eigenvalue weighted by Gasteiger charge is -2.27. The second kappa shape index (κ2) is 14.8. The van der Waals surface area contributed by atoms with E-state index >= 15 is 4.39 Å². The van der Waals surface area contributed by atoms with Crippen molar-refractivity contribution in [1.29, 1.82) is 0 Å². The van der Waals surface area contributed by atoms with Crippen LogP contribution < -0.4 is 10.9 Å². The number of likely N-dealkylation sites (N-methyl/N-ethyl adjacent to an activating group) is 1. The van der Waals surface area contributed by atoms with Crippen molar-refractivity contribution >= 4 is 23.5 Å². The SMILES string of the molecule is Cc1cc(-c2c(C)cc(Cl)cc2C)cc([C@H](CC(=O)O)NC(=O)C(CC(C)C)n2cc(CCN(C)C)c(C(F)(F)F)cc2=O)c1F. The summed E-state index contributed by atoms with van der Waals surface area (Å²) in [5, 5.41) is 12.9. The summed E-state index contributed by atoms with van der Waals surface area (Å²) in [4.78, 5) is 40.7. The number of carboxylic acid groups (broad SMARTS) is 1. The van der Waals surface area contributed by atoms with Gasteiger partial charge in [-0.3, -0.25) is 14.4 Å². The van der Waals surface area contributed by atoms with Crippen LogP contribution in [0.1, 0.15) is 72.2 Å². The molecule has 2 atom stereocenters. The van der Waals surface area contributed by atoms with Crippen molar-refractivity contribution in [3.63, 3.8) is 0 Å². The van der Waals surface area contributed by atoms with Crippen LogP contribution in [0.2, 0.25) is 5.02 Å². The van der Waals surface area contributed by atoms with Gasteiger partial charge in [-0.1, -0.05) is 25.4 Å². The number of aliphatic carboxylic acids is 1. The Balaban J connectivity index is 2.15. The Labute approximate surface area is 271 Å². The highest BCUT2D eigenvalue weighted by molar-refractivity contribution is 6.30. The number of aromatic nitrogens is 1. The molecule has 250 valence electrons. The van der Waals surface area contributed by atoms with E-state index in [1.165, 1.54) is 13.0 Å². The third kappa shape index (κ3) is 8.97. The standard InChI is InChI=1S/C34H40ClF4N3O4/c1-18(2)10-28(42-17-22(8-9-41(6)7)26(15-29(42)43)34(37,38)39)33(46)40-27(16-30(44)45)25-14-23(11-21(5)32(25)36)31-19(3)12-24(35)13-20(31)4/h11-15,17-18,27-28H,8-10,16H2,1-7H3,(H,40,46)(H,44,45)/t27-,28?/m0/s1. The number of nitrogens with zero attached hydrogens (tertiary/aromatic N) is 2. The molecule has 1 aromatic heterocycles. The van der Waals surface area contributed by atoms with Gasteiger partial charge in [0.05, 0.1) is 18.0 Å². The normalized spacial score (nSPS) is 13.3. The number of carboxylic acids is 1. The summed E-state index contributed by atoms with van der Waals surface area (Å²) in [6.45, 7) is 9.02. The predicted molar refractivity (Wildman–Crippen MR) is 171 cm³/mol. The lowest BCUT2D eigenvalue weighted by molar-refractivity contribution is -0.139. The molecule has 0 aliphatic rings. The van der Waals surface area contributed by atoms with Gasteiger partial charge in [0.25, 0.3) is 5.56 Å². The number of aryl methyl sites for hydroxylation is 3. The van der Waals surface area contributed by atoms with Crippen LogP contribution in [0.5, 0.6) is 0 Å². The largest absolute Gasteiger partial charge is 0.481 e. The summed E-state index contributed by atoms with van der Waals surface area (Å²) in [7, 11) is 3.40. The van der Waals surface area contributed by atoms with E-state index in [9.17, 15) is 32.7 Å². The van der Waals surface area contributed by atoms with Gasteiger partial charge in [0.2, 0.25) is 5.91 Å². The Morgan fingerprint density at radius 1 is 1.02 bits per heavy atom. The van der Waals surface area contributed by atoms with Crippen LogP contribution in [0.15, 0.2) is 41.3 Å². The highest BCUT2D eigenvalue weighted by atomic mass is 35.5. The molecule has 0 saturated carbocycles. The summed E-state index contributed by atoms with van der Waals surface area (Å²) in [6.07, 6.45) is -4.40. The summed E-state index contributed by atoms with van der Waals surface area (Å²) in [5.74, 6) is -3.03. The van der Waals surface area contributed by atoms with E-state index in [1.807, 2.05) is 13.8 Å². The van der Waals surface area contributed by atoms with Gasteiger partial charge in [0, 0.05) is 29.4 Å². The van der Waals surface area contributed by atoms with Crippen molar-refractivity contribution in [2.45, 2.75) is 72.1 Å². The number of nitrogens with one attached hydrogen (secondary N) is 1. The van der Waals surface area contributed by atoms with E-state index < -0.39 is 53.5 Å². The molecule has 3 aromatic rings. The molecule has 1 amide bonds. The van der Waals surface area contributed by atoms with Gasteiger partial charge in [-0.15, -0.1) is 0 Å². The van der Waals surface area contributed by atoms with Crippen molar-refractivity contribution in [3.05, 3.63) is 91.1 Å². The molecular formula is C34H40ClF4N3O4. The zero-order valence-electron chi connectivity index (χ0n) is 27.0. The zero-order valence-corrected chi connectivity index (χ0v) is 27.7. The first-order valence-corrected chi connectivity index (χ1v) is 15.2. The van der Waals surface area contributed by atoms with Gasteiger partial charge >= 0.3 is 12.1 Å². The Morgan fingerprint density at radius 3 is 2.15 bits per heavy atom. The van der Waals surface area contributed by atoms with Crippen molar-refractivity contribution < 1.29 is 32.3 Å². The number of benzene rings is 2. The Bertz CT molecular complexity index is 1640. The van der Waals surface area contributed by atoms with Crippen LogP contribution in [-0.2, 0) is 22.2 Å². The highest BCUT2D eigenvalue weighted by Crippen LogP contribution is 2.36. The minimum atomic E-state index is -4.79. The number of rotatable bonds is 12. The number of hydrogen-bond donors (Lipinski definition) is 2. The maximum Gasteiger partial charge on any atom is 0.416 e. The minimum absolute atomic E-state index is 0.0411. The topological polar surface area (TPSA) is 91.6 Å². The van der Waals surface area contributed by atoms with Crippen LogP contribution in [0.25, 0.3) is 11.1 Å². The fourth-order valence-corrected chi connectivity index (χ4v) is 6.01. The molecule has 0 spiro atoms. The molecule has 0 aliphatic carbocycles. The fraction of sp³-hybridized carbons (Fsp3) is 0.441. The average molecular weight is 666 g/mol. The fourth-order valence-electron chi connectivity index (χ4n) is 5.68. The Morgan fingerprint density at radius 2 is 1.63 bits per heavy atom. The number of carbonyl (C=O) groups excluding carboxylic acids is 1. The van der Waals surface area contributed by atoms with Crippen molar-refractivity contribution in [3.8, 4) is 11.1 Å². The van der Waals surface area contributed by atoms with Crippen molar-refractivity contribution in [2.24, 2.45) is 5.92 Å². The van der Waals surface area contributed by atoms with Gasteiger partial charge in [-0.05, 0) is 111 Å². The van der Waals surface area contributed by atoms with Gasteiger partial charge in [-0.25, -0.2) is 4.39 Å². The first kappa shape index (κ1) is 36.8. The molecule has 2 aromatic carbocycles. The molecule has 0 saturated heterocycles. The van der Waals surface area contributed by atoms with Crippen LogP contribution in [0.4, 0.5) is 17.6 Å². The van der Waals surface area contributed by atoms with E-state index in [4.69, 9.17) is 11.6 Å². The smallest absolute Gasteiger partial charge is 0.416 e. The summed E-state index contributed by atoms with van der Waals surface area (Å²) < 4.78 is 58.4. The van der Waals surface area contributed by atoms with E-state index in [0.29, 0.717) is 16.7 Å². The molecule has 0 bridgehead atoms. The molecule has 3 rings (SSSR count). The molecule has 1 unspecified atom stereocenters. The Kier molecular flexibility index (Phi) is 11.8. The quantitative estimate of drug-likeness (QED) is 0.199. The average Bonchev–Trinajstić information content (AvgIpc) is 2.90. The number of alkyl halides is 3. The molecule has 7 nitrogen and oxygen atoms in total. The van der Waals surface area contributed by atoms with Crippen molar-refractivity contribution in [1.82, 2.24) is 14.8 Å². The van der Waals surface area contributed by atoms with Crippen LogP contribution in [-0.4, -0.2) is 47.1 Å². The van der Waals surface area contributed by atoms with E-state index in [1.54, 1.807) is 51.0 Å². The minimum Gasteiger partial charge on any atom is -0.481 e. The molecular weight excluding hydrogens is 626 g/mol. The molecule has 0 fully saturated rings. The summed E-state index contributed by atoms with van der Waals surface area (Å²) in [6, 6.07) is 4.46. The molecule has 0 radical (unpaired) electrons. The summed E-state index contributed by atoms with van der Waals surface area (Å²) >= 11 is 6.21. The number of halogens is 5. The van der Waals surface area contributed by atoms with Crippen LogP contribution in [0, 0.1) is 32.5 Å².